The summed E-state index contributed by atoms with van der Waals surface area (Å²) in [5.74, 6) is 0.0151. The lowest BCUT2D eigenvalue weighted by Gasteiger charge is -2.45. The Kier molecular flexibility index (Phi) is 3.20. The summed E-state index contributed by atoms with van der Waals surface area (Å²) in [5, 5.41) is 2.83. The lowest BCUT2D eigenvalue weighted by molar-refractivity contribution is -0.157. The van der Waals surface area contributed by atoms with Gasteiger partial charge in [0, 0.05) is 18.9 Å². The summed E-state index contributed by atoms with van der Waals surface area (Å²) < 4.78 is 0. The minimum Gasteiger partial charge on any atom is -0.343 e. The van der Waals surface area contributed by atoms with Crippen molar-refractivity contribution in [1.82, 2.24) is 15.2 Å². The van der Waals surface area contributed by atoms with Crippen molar-refractivity contribution in [3.05, 3.63) is 30.1 Å². The van der Waals surface area contributed by atoms with Gasteiger partial charge in [0.15, 0.2) is 0 Å². The molecule has 1 N–H and O–H groups in total. The number of hydrogen-bond donors (Lipinski definition) is 1. The van der Waals surface area contributed by atoms with Crippen LogP contribution in [0.3, 0.4) is 0 Å². The number of carbonyl (C=O) groups excluding carboxylic acids is 2. The molecule has 5 nitrogen and oxygen atoms in total. The number of rotatable bonds is 2. The Morgan fingerprint density at radius 2 is 2.15 bits per heavy atom. The second-order valence-electron chi connectivity index (χ2n) is 5.72. The van der Waals surface area contributed by atoms with E-state index in [1.54, 1.807) is 24.2 Å². The van der Waals surface area contributed by atoms with Crippen molar-refractivity contribution in [1.29, 1.82) is 0 Å². The fourth-order valence-electron chi connectivity index (χ4n) is 3.32. The van der Waals surface area contributed by atoms with Gasteiger partial charge in [0.05, 0.1) is 0 Å². The van der Waals surface area contributed by atoms with Crippen LogP contribution < -0.4 is 5.32 Å². The first-order chi connectivity index (χ1) is 9.63. The van der Waals surface area contributed by atoms with Crippen molar-refractivity contribution in [3.8, 4) is 0 Å². The summed E-state index contributed by atoms with van der Waals surface area (Å²) in [4.78, 5) is 30.8. The molecule has 5 heteroatoms. The summed E-state index contributed by atoms with van der Waals surface area (Å²) >= 11 is 0. The van der Waals surface area contributed by atoms with Gasteiger partial charge in [-0.1, -0.05) is 18.9 Å². The van der Waals surface area contributed by atoms with Crippen molar-refractivity contribution < 1.29 is 9.59 Å². The van der Waals surface area contributed by atoms with Crippen LogP contribution in [0.2, 0.25) is 0 Å². The van der Waals surface area contributed by atoms with E-state index in [1.807, 2.05) is 12.1 Å². The summed E-state index contributed by atoms with van der Waals surface area (Å²) in [5.41, 5.74) is 0.327. The number of piperazine rings is 1. The number of carbonyl (C=O) groups is 2. The number of amides is 2. The van der Waals surface area contributed by atoms with Gasteiger partial charge in [0.2, 0.25) is 11.8 Å². The zero-order valence-corrected chi connectivity index (χ0v) is 11.6. The molecule has 0 aromatic carbocycles. The highest BCUT2D eigenvalue weighted by Crippen LogP contribution is 2.38. The van der Waals surface area contributed by atoms with E-state index in [0.717, 1.165) is 31.2 Å². The average molecular weight is 273 g/mol. The third kappa shape index (κ3) is 1.97. The number of nitrogens with zero attached hydrogens (tertiary/aromatic N) is 2. The molecule has 1 unspecified atom stereocenters. The Bertz CT molecular complexity index is 523. The smallest absolute Gasteiger partial charge is 0.246 e. The molecule has 3 rings (SSSR count). The molecule has 0 radical (unpaired) electrons. The second kappa shape index (κ2) is 4.89. The predicted octanol–water partition coefficient (Wildman–Crippen LogP) is 1.24. The van der Waals surface area contributed by atoms with E-state index in [0.29, 0.717) is 6.54 Å². The molecule has 1 aromatic rings. The Morgan fingerprint density at radius 1 is 1.40 bits per heavy atom. The predicted molar refractivity (Wildman–Crippen MR) is 73.6 cm³/mol. The maximum Gasteiger partial charge on any atom is 0.246 e. The first-order valence-electron chi connectivity index (χ1n) is 7.15. The topological polar surface area (TPSA) is 62.3 Å². The Labute approximate surface area is 118 Å². The number of aromatic nitrogens is 1. The van der Waals surface area contributed by atoms with Gasteiger partial charge in [-0.3, -0.25) is 14.6 Å². The van der Waals surface area contributed by atoms with Gasteiger partial charge in [0.1, 0.15) is 11.6 Å². The van der Waals surface area contributed by atoms with E-state index < -0.39 is 11.6 Å². The molecule has 1 aliphatic carbocycles. The Hall–Kier alpha value is -1.91. The van der Waals surface area contributed by atoms with Gasteiger partial charge >= 0.3 is 0 Å². The van der Waals surface area contributed by atoms with Crippen LogP contribution >= 0.6 is 0 Å². The number of nitrogens with one attached hydrogen (secondary N) is 1. The van der Waals surface area contributed by atoms with Gasteiger partial charge in [-0.05, 0) is 31.4 Å². The molecule has 2 fully saturated rings. The van der Waals surface area contributed by atoms with E-state index >= 15 is 0 Å². The molecule has 0 bridgehead atoms. The van der Waals surface area contributed by atoms with Crippen LogP contribution in [0.5, 0.6) is 0 Å². The third-order valence-corrected chi connectivity index (χ3v) is 4.42. The summed E-state index contributed by atoms with van der Waals surface area (Å²) in [6, 6.07) is 3.36. The van der Waals surface area contributed by atoms with Crippen molar-refractivity contribution in [2.75, 3.05) is 0 Å². The normalized spacial score (nSPS) is 25.1. The lowest BCUT2D eigenvalue weighted by Crippen LogP contribution is -2.68. The lowest BCUT2D eigenvalue weighted by atomic mass is 9.89. The molecule has 1 atom stereocenters. The van der Waals surface area contributed by atoms with E-state index in [1.165, 1.54) is 0 Å². The molecular formula is C15H19N3O2. The fourth-order valence-corrected chi connectivity index (χ4v) is 3.32. The maximum absolute atomic E-state index is 12.5. The van der Waals surface area contributed by atoms with Crippen molar-refractivity contribution in [2.24, 2.45) is 0 Å². The van der Waals surface area contributed by atoms with Crippen LogP contribution in [-0.2, 0) is 16.1 Å². The van der Waals surface area contributed by atoms with E-state index in [9.17, 15) is 9.59 Å². The first kappa shape index (κ1) is 13.1. The highest BCUT2D eigenvalue weighted by atomic mass is 16.2. The molecule has 2 amide bonds. The third-order valence-electron chi connectivity index (χ3n) is 4.42. The van der Waals surface area contributed by atoms with Crippen LogP contribution in [0.4, 0.5) is 0 Å². The van der Waals surface area contributed by atoms with Crippen LogP contribution in [0.1, 0.15) is 38.2 Å². The zero-order chi connectivity index (χ0) is 14.2. The molecule has 1 saturated heterocycles. The fraction of sp³-hybridized carbons (Fsp3) is 0.533. The van der Waals surface area contributed by atoms with Crippen LogP contribution in [0, 0.1) is 0 Å². The SMILES string of the molecule is CC1NC(=O)C2(CCCC2)N(Cc2cccnc2)C1=O. The molecule has 1 aliphatic heterocycles. The van der Waals surface area contributed by atoms with Gasteiger partial charge in [-0.2, -0.15) is 0 Å². The molecule has 2 aliphatic rings. The van der Waals surface area contributed by atoms with Gasteiger partial charge in [0.25, 0.3) is 0 Å². The quantitative estimate of drug-likeness (QED) is 0.882. The minimum absolute atomic E-state index is 0.00555. The highest BCUT2D eigenvalue weighted by molar-refractivity contribution is 5.99. The van der Waals surface area contributed by atoms with E-state index in [-0.39, 0.29) is 11.8 Å². The molecule has 1 saturated carbocycles. The van der Waals surface area contributed by atoms with Crippen molar-refractivity contribution in [2.45, 2.75) is 50.7 Å². The zero-order valence-electron chi connectivity index (χ0n) is 11.6. The molecular weight excluding hydrogens is 254 g/mol. The van der Waals surface area contributed by atoms with Crippen LogP contribution in [0.25, 0.3) is 0 Å². The van der Waals surface area contributed by atoms with Gasteiger partial charge in [-0.15, -0.1) is 0 Å². The minimum atomic E-state index is -0.639. The first-order valence-corrected chi connectivity index (χ1v) is 7.15. The van der Waals surface area contributed by atoms with E-state index in [4.69, 9.17) is 0 Å². The maximum atomic E-state index is 12.5. The second-order valence-corrected chi connectivity index (χ2v) is 5.72. The molecule has 1 aromatic heterocycles. The highest BCUT2D eigenvalue weighted by Gasteiger charge is 2.52. The molecule has 1 spiro atoms. The van der Waals surface area contributed by atoms with Gasteiger partial charge < -0.3 is 10.2 Å². The number of hydrogen-bond acceptors (Lipinski definition) is 3. The summed E-state index contributed by atoms with van der Waals surface area (Å²) in [6.07, 6.45) is 6.99. The Morgan fingerprint density at radius 3 is 2.80 bits per heavy atom. The average Bonchev–Trinajstić information content (AvgIpc) is 2.94. The van der Waals surface area contributed by atoms with Crippen molar-refractivity contribution >= 4 is 11.8 Å². The molecule has 20 heavy (non-hydrogen) atoms. The molecule has 2 heterocycles. The summed E-state index contributed by atoms with van der Waals surface area (Å²) in [7, 11) is 0. The van der Waals surface area contributed by atoms with Crippen LogP contribution in [0.15, 0.2) is 24.5 Å². The Balaban J connectivity index is 1.94. The van der Waals surface area contributed by atoms with Crippen molar-refractivity contribution in [3.63, 3.8) is 0 Å². The molecule has 106 valence electrons. The largest absolute Gasteiger partial charge is 0.343 e. The number of pyridine rings is 1. The van der Waals surface area contributed by atoms with E-state index in [2.05, 4.69) is 10.3 Å². The summed E-state index contributed by atoms with van der Waals surface area (Å²) in [6.45, 7) is 2.21. The standard InChI is InChI=1S/C15H19N3O2/c1-11-13(19)18(10-12-5-4-8-16-9-12)15(14(20)17-11)6-2-3-7-15/h4-5,8-9,11H,2-3,6-7,10H2,1H3,(H,17,20). The monoisotopic (exact) mass is 273 g/mol. The van der Waals surface area contributed by atoms with Crippen LogP contribution in [-0.4, -0.2) is 33.3 Å². The van der Waals surface area contributed by atoms with Gasteiger partial charge in [-0.25, -0.2) is 0 Å².